The van der Waals surface area contributed by atoms with Gasteiger partial charge in [-0.15, -0.1) is 0 Å². The van der Waals surface area contributed by atoms with Crippen LogP contribution in [0.4, 0.5) is 18.9 Å². The zero-order valence-electron chi connectivity index (χ0n) is 19.7. The number of methoxy groups -OCH3 is 1. The first-order valence-electron chi connectivity index (χ1n) is 11.2. The van der Waals surface area contributed by atoms with Gasteiger partial charge in [0.25, 0.3) is 0 Å². The van der Waals surface area contributed by atoms with Gasteiger partial charge in [0.2, 0.25) is 0 Å². The van der Waals surface area contributed by atoms with E-state index in [0.29, 0.717) is 29.6 Å². The number of hydrogen-bond donors (Lipinski definition) is 0. The Hall–Kier alpha value is -3.62. The van der Waals surface area contributed by atoms with E-state index in [1.165, 1.54) is 19.2 Å². The summed E-state index contributed by atoms with van der Waals surface area (Å²) in [6.45, 7) is 2.32. The molecule has 9 heteroatoms. The molecule has 0 atom stereocenters. The minimum atomic E-state index is -4.38. The van der Waals surface area contributed by atoms with E-state index in [4.69, 9.17) is 9.72 Å². The smallest absolute Gasteiger partial charge is 0.416 e. The van der Waals surface area contributed by atoms with Gasteiger partial charge < -0.3 is 14.4 Å². The summed E-state index contributed by atoms with van der Waals surface area (Å²) in [7, 11) is 3.27. The van der Waals surface area contributed by atoms with Crippen molar-refractivity contribution in [2.24, 2.45) is 0 Å². The average molecular weight is 486 g/mol. The highest BCUT2D eigenvalue weighted by atomic mass is 19.4. The fraction of sp³-hybridized carbons (Fsp3) is 0.346. The summed E-state index contributed by atoms with van der Waals surface area (Å²) in [5, 5.41) is 0. The summed E-state index contributed by atoms with van der Waals surface area (Å²) < 4.78 is 48.8. The molecular weight excluding hydrogens is 459 g/mol. The van der Waals surface area contributed by atoms with Gasteiger partial charge in [-0.3, -0.25) is 0 Å². The quantitative estimate of drug-likeness (QED) is 0.391. The van der Waals surface area contributed by atoms with Crippen molar-refractivity contribution in [2.75, 3.05) is 25.7 Å². The molecule has 1 aromatic heterocycles. The highest BCUT2D eigenvalue weighted by Crippen LogP contribution is 2.41. The van der Waals surface area contributed by atoms with Gasteiger partial charge in [0, 0.05) is 42.5 Å². The first kappa shape index (κ1) is 24.5. The summed E-state index contributed by atoms with van der Waals surface area (Å²) in [6, 6.07) is 10.6. The van der Waals surface area contributed by atoms with Crippen molar-refractivity contribution < 1.29 is 27.4 Å². The Kier molecular flexibility index (Phi) is 6.95. The van der Waals surface area contributed by atoms with Crippen molar-refractivity contribution in [1.82, 2.24) is 9.97 Å². The van der Waals surface area contributed by atoms with E-state index in [0.717, 1.165) is 47.5 Å². The predicted octanol–water partition coefficient (Wildman–Crippen LogP) is 5.54. The lowest BCUT2D eigenvalue weighted by Gasteiger charge is -2.22. The van der Waals surface area contributed by atoms with Crippen LogP contribution >= 0.6 is 0 Å². The van der Waals surface area contributed by atoms with Crippen molar-refractivity contribution >= 4 is 11.7 Å². The number of alkyl halides is 3. The molecule has 0 aliphatic heterocycles. The molecule has 2 aromatic carbocycles. The molecule has 4 rings (SSSR count). The Balaban J connectivity index is 1.51. The number of nitrogens with zero attached hydrogens (tertiary/aromatic N) is 3. The van der Waals surface area contributed by atoms with Gasteiger partial charge in [-0.2, -0.15) is 13.2 Å². The molecular formula is C26H26F3N3O3. The molecule has 3 aromatic rings. The topological polar surface area (TPSA) is 64.6 Å². The fourth-order valence-corrected chi connectivity index (χ4v) is 3.77. The van der Waals surface area contributed by atoms with E-state index in [2.05, 4.69) is 14.6 Å². The van der Waals surface area contributed by atoms with E-state index in [1.54, 1.807) is 6.20 Å². The van der Waals surface area contributed by atoms with Gasteiger partial charge in [0.05, 0.1) is 18.4 Å². The average Bonchev–Trinajstić information content (AvgIpc) is 3.68. The van der Waals surface area contributed by atoms with Crippen molar-refractivity contribution in [3.63, 3.8) is 0 Å². The minimum absolute atomic E-state index is 0.153. The van der Waals surface area contributed by atoms with Crippen LogP contribution in [0.2, 0.25) is 0 Å². The van der Waals surface area contributed by atoms with Crippen molar-refractivity contribution in [3.05, 3.63) is 71.0 Å². The Morgan fingerprint density at radius 1 is 1.14 bits per heavy atom. The molecule has 0 amide bonds. The molecule has 0 radical (unpaired) electrons. The van der Waals surface area contributed by atoms with E-state index >= 15 is 0 Å². The molecule has 6 nitrogen and oxygen atoms in total. The number of hydrogen-bond acceptors (Lipinski definition) is 6. The van der Waals surface area contributed by atoms with Crippen LogP contribution in [0.1, 0.15) is 41.1 Å². The van der Waals surface area contributed by atoms with Crippen LogP contribution in [0.25, 0.3) is 11.4 Å². The van der Waals surface area contributed by atoms with Crippen molar-refractivity contribution in [1.29, 1.82) is 0 Å². The number of anilines is 1. The lowest BCUT2D eigenvalue weighted by Crippen LogP contribution is -2.19. The molecule has 0 unspecified atom stereocenters. The highest BCUT2D eigenvalue weighted by Gasteiger charge is 2.31. The second kappa shape index (κ2) is 9.93. The Morgan fingerprint density at radius 3 is 2.46 bits per heavy atom. The largest absolute Gasteiger partial charge is 0.482 e. The van der Waals surface area contributed by atoms with E-state index in [1.807, 2.05) is 32.2 Å². The van der Waals surface area contributed by atoms with Gasteiger partial charge >= 0.3 is 12.1 Å². The summed E-state index contributed by atoms with van der Waals surface area (Å²) in [5.41, 5.74) is 3.62. The van der Waals surface area contributed by atoms with Crippen LogP contribution in [-0.2, 0) is 22.3 Å². The number of benzene rings is 2. The van der Waals surface area contributed by atoms with Crippen LogP contribution < -0.4 is 9.64 Å². The third-order valence-electron chi connectivity index (χ3n) is 5.91. The van der Waals surface area contributed by atoms with Gasteiger partial charge in [-0.25, -0.2) is 14.8 Å². The Labute approximate surface area is 201 Å². The number of carbonyl (C=O) groups excluding carboxylic acids is 1. The molecule has 184 valence electrons. The Bertz CT molecular complexity index is 1210. The highest BCUT2D eigenvalue weighted by molar-refractivity contribution is 5.71. The monoisotopic (exact) mass is 485 g/mol. The number of rotatable bonds is 8. The van der Waals surface area contributed by atoms with Crippen LogP contribution in [0, 0.1) is 6.92 Å². The SMILES string of the molecule is COC(=O)COc1ccc(N(C)Cc2cnc(-c3ccc(C(F)(F)F)cc3)nc2C2CC2)cc1C. The third-order valence-corrected chi connectivity index (χ3v) is 5.91. The van der Waals surface area contributed by atoms with Crippen LogP contribution in [0.5, 0.6) is 5.75 Å². The lowest BCUT2D eigenvalue weighted by molar-refractivity contribution is -0.143. The van der Waals surface area contributed by atoms with Crippen LogP contribution in [0.15, 0.2) is 48.7 Å². The number of esters is 1. The van der Waals surface area contributed by atoms with Gasteiger partial charge in [-0.05, 0) is 55.7 Å². The number of ether oxygens (including phenoxy) is 2. The van der Waals surface area contributed by atoms with E-state index in [-0.39, 0.29) is 6.61 Å². The molecule has 1 heterocycles. The lowest BCUT2D eigenvalue weighted by atomic mass is 10.1. The molecule has 0 spiro atoms. The van der Waals surface area contributed by atoms with Crippen molar-refractivity contribution in [2.45, 2.75) is 38.4 Å². The maximum atomic E-state index is 12.9. The molecule has 1 saturated carbocycles. The van der Waals surface area contributed by atoms with Gasteiger partial charge in [0.15, 0.2) is 12.4 Å². The minimum Gasteiger partial charge on any atom is -0.482 e. The summed E-state index contributed by atoms with van der Waals surface area (Å²) >= 11 is 0. The zero-order chi connectivity index (χ0) is 25.2. The maximum absolute atomic E-state index is 12.9. The standard InChI is InChI=1S/C26H26F3N3O3/c1-16-12-21(10-11-22(16)35-15-23(33)34-3)32(2)14-19-13-30-25(31-24(19)17-4-5-17)18-6-8-20(9-7-18)26(27,28)29/h6-13,17H,4-5,14-15H2,1-3H3. The summed E-state index contributed by atoms with van der Waals surface area (Å²) in [4.78, 5) is 22.6. The zero-order valence-corrected chi connectivity index (χ0v) is 19.7. The number of aryl methyl sites for hydroxylation is 1. The predicted molar refractivity (Wildman–Crippen MR) is 125 cm³/mol. The maximum Gasteiger partial charge on any atom is 0.416 e. The van der Waals surface area contributed by atoms with Gasteiger partial charge in [-0.1, -0.05) is 12.1 Å². The summed E-state index contributed by atoms with van der Waals surface area (Å²) in [5.74, 6) is 0.925. The van der Waals surface area contributed by atoms with E-state index in [9.17, 15) is 18.0 Å². The fourth-order valence-electron chi connectivity index (χ4n) is 3.77. The molecule has 1 aliphatic rings. The molecule has 0 N–H and O–H groups in total. The number of carbonyl (C=O) groups is 1. The Morgan fingerprint density at radius 2 is 1.86 bits per heavy atom. The molecule has 0 bridgehead atoms. The van der Waals surface area contributed by atoms with Crippen LogP contribution in [0.3, 0.4) is 0 Å². The van der Waals surface area contributed by atoms with E-state index < -0.39 is 17.7 Å². The molecule has 35 heavy (non-hydrogen) atoms. The number of halogens is 3. The second-order valence-corrected chi connectivity index (χ2v) is 8.62. The van der Waals surface area contributed by atoms with Crippen molar-refractivity contribution in [3.8, 4) is 17.1 Å². The first-order valence-corrected chi connectivity index (χ1v) is 11.2. The number of aromatic nitrogens is 2. The molecule has 1 fully saturated rings. The third kappa shape index (κ3) is 5.90. The molecule has 1 aliphatic carbocycles. The normalized spacial score (nSPS) is 13.4. The van der Waals surface area contributed by atoms with Crippen LogP contribution in [-0.4, -0.2) is 36.7 Å². The van der Waals surface area contributed by atoms with Gasteiger partial charge in [0.1, 0.15) is 5.75 Å². The summed E-state index contributed by atoms with van der Waals surface area (Å²) in [6.07, 6.45) is -0.543. The molecule has 0 saturated heterocycles. The first-order chi connectivity index (χ1) is 16.7. The second-order valence-electron chi connectivity index (χ2n) is 8.62.